The molecule has 0 spiro atoms. The maximum Gasteiger partial charge on any atom is 0.330 e. The van der Waals surface area contributed by atoms with Crippen LogP contribution < -0.4 is 5.32 Å². The number of piperidine rings is 1. The van der Waals surface area contributed by atoms with Crippen molar-refractivity contribution < 1.29 is 9.90 Å². The molecule has 2 fully saturated rings. The second kappa shape index (κ2) is 5.65. The highest BCUT2D eigenvalue weighted by Gasteiger charge is 2.34. The first kappa shape index (κ1) is 12.6. The molecule has 2 aliphatic rings. The molecule has 17 heavy (non-hydrogen) atoms. The Balaban J connectivity index is 1.80. The topological polar surface area (TPSA) is 52.6 Å². The van der Waals surface area contributed by atoms with Crippen LogP contribution in [0.4, 0.5) is 0 Å². The van der Waals surface area contributed by atoms with Crippen molar-refractivity contribution in [3.05, 3.63) is 11.6 Å². The number of rotatable bonds is 4. The Morgan fingerprint density at radius 3 is 3.00 bits per heavy atom. The summed E-state index contributed by atoms with van der Waals surface area (Å²) in [4.78, 5) is 13.2. The predicted molar refractivity (Wildman–Crippen MR) is 67.0 cm³/mol. The first-order valence-corrected chi connectivity index (χ1v) is 6.56. The van der Waals surface area contributed by atoms with Gasteiger partial charge in [0.25, 0.3) is 0 Å². The van der Waals surface area contributed by atoms with E-state index in [1.165, 1.54) is 38.8 Å². The van der Waals surface area contributed by atoms with Crippen molar-refractivity contribution in [2.75, 3.05) is 19.6 Å². The third-order valence-electron chi connectivity index (χ3n) is 3.98. The monoisotopic (exact) mass is 238 g/mol. The van der Waals surface area contributed by atoms with E-state index in [9.17, 15) is 4.79 Å². The van der Waals surface area contributed by atoms with Gasteiger partial charge in [-0.1, -0.05) is 12.5 Å². The highest BCUT2D eigenvalue weighted by atomic mass is 16.4. The Morgan fingerprint density at radius 1 is 1.41 bits per heavy atom. The summed E-state index contributed by atoms with van der Waals surface area (Å²) in [7, 11) is 0. The van der Waals surface area contributed by atoms with Gasteiger partial charge in [-0.3, -0.25) is 4.90 Å². The van der Waals surface area contributed by atoms with Crippen molar-refractivity contribution in [1.29, 1.82) is 0 Å². The van der Waals surface area contributed by atoms with Crippen LogP contribution in [0.15, 0.2) is 11.6 Å². The van der Waals surface area contributed by atoms with Crippen LogP contribution in [-0.4, -0.2) is 47.7 Å². The lowest BCUT2D eigenvalue weighted by molar-refractivity contribution is -0.132. The second-order valence-electron chi connectivity index (χ2n) is 5.09. The number of carboxylic acids is 1. The number of hydrogen-bond acceptors (Lipinski definition) is 3. The third-order valence-corrected chi connectivity index (χ3v) is 3.98. The fourth-order valence-electron chi connectivity index (χ4n) is 2.94. The summed E-state index contributed by atoms with van der Waals surface area (Å²) < 4.78 is 0. The summed E-state index contributed by atoms with van der Waals surface area (Å²) in [6.45, 7) is 4.76. The molecule has 4 heteroatoms. The van der Waals surface area contributed by atoms with Crippen molar-refractivity contribution in [2.24, 2.45) is 0 Å². The summed E-state index contributed by atoms with van der Waals surface area (Å²) in [5, 5.41) is 12.2. The quantitative estimate of drug-likeness (QED) is 0.723. The summed E-state index contributed by atoms with van der Waals surface area (Å²) in [5.41, 5.74) is 0.427. The van der Waals surface area contributed by atoms with Crippen LogP contribution in [0.5, 0.6) is 0 Å². The van der Waals surface area contributed by atoms with Crippen molar-refractivity contribution in [1.82, 2.24) is 10.2 Å². The molecule has 0 aromatic carbocycles. The standard InChI is InChI=1S/C13H22N2O2/c1-10(13(16)17)5-7-14-11-6-9-15-8-3-2-4-12(11)15/h5,11-12,14H,2-4,6-9H2,1H3,(H,16,17). The largest absolute Gasteiger partial charge is 0.478 e. The summed E-state index contributed by atoms with van der Waals surface area (Å²) >= 11 is 0. The van der Waals surface area contributed by atoms with Gasteiger partial charge in [0.05, 0.1) is 0 Å². The van der Waals surface area contributed by atoms with E-state index in [0.29, 0.717) is 24.2 Å². The van der Waals surface area contributed by atoms with Crippen molar-refractivity contribution in [3.63, 3.8) is 0 Å². The van der Waals surface area contributed by atoms with Gasteiger partial charge < -0.3 is 10.4 Å². The smallest absolute Gasteiger partial charge is 0.330 e. The zero-order valence-electron chi connectivity index (χ0n) is 10.5. The molecule has 2 aliphatic heterocycles. The van der Waals surface area contributed by atoms with E-state index in [-0.39, 0.29) is 0 Å². The molecule has 0 radical (unpaired) electrons. The average molecular weight is 238 g/mol. The molecule has 0 saturated carbocycles. The molecule has 4 nitrogen and oxygen atoms in total. The summed E-state index contributed by atoms with van der Waals surface area (Å²) in [6.07, 6.45) is 6.93. The SMILES string of the molecule is CC(=CCNC1CCN2CCCCC12)C(=O)O. The predicted octanol–water partition coefficient (Wildman–Crippen LogP) is 1.23. The third kappa shape index (κ3) is 3.07. The van der Waals surface area contributed by atoms with Crippen molar-refractivity contribution in [3.8, 4) is 0 Å². The molecule has 2 unspecified atom stereocenters. The van der Waals surface area contributed by atoms with Crippen LogP contribution in [0.2, 0.25) is 0 Å². The van der Waals surface area contributed by atoms with E-state index in [2.05, 4.69) is 10.2 Å². The van der Waals surface area contributed by atoms with E-state index in [1.54, 1.807) is 13.0 Å². The van der Waals surface area contributed by atoms with Crippen LogP contribution in [0.25, 0.3) is 0 Å². The molecular weight excluding hydrogens is 216 g/mol. The maximum atomic E-state index is 10.7. The normalized spacial score (nSPS) is 30.3. The van der Waals surface area contributed by atoms with Crippen LogP contribution in [0.1, 0.15) is 32.6 Å². The number of nitrogens with one attached hydrogen (secondary N) is 1. The molecule has 0 aliphatic carbocycles. The summed E-state index contributed by atoms with van der Waals surface area (Å²) in [6, 6.07) is 1.23. The van der Waals surface area contributed by atoms with Gasteiger partial charge in [0.2, 0.25) is 0 Å². The van der Waals surface area contributed by atoms with E-state index in [4.69, 9.17) is 5.11 Å². The van der Waals surface area contributed by atoms with E-state index >= 15 is 0 Å². The number of fused-ring (bicyclic) bond motifs is 1. The van der Waals surface area contributed by atoms with Gasteiger partial charge >= 0.3 is 5.97 Å². The van der Waals surface area contributed by atoms with Gasteiger partial charge in [-0.05, 0) is 32.7 Å². The highest BCUT2D eigenvalue weighted by Crippen LogP contribution is 2.26. The minimum atomic E-state index is -0.822. The Hall–Kier alpha value is -0.870. The number of carbonyl (C=O) groups is 1. The minimum Gasteiger partial charge on any atom is -0.478 e. The van der Waals surface area contributed by atoms with Crippen LogP contribution >= 0.6 is 0 Å². The lowest BCUT2D eigenvalue weighted by Gasteiger charge is -2.32. The average Bonchev–Trinajstić information content (AvgIpc) is 2.72. The van der Waals surface area contributed by atoms with Gasteiger partial charge in [0.1, 0.15) is 0 Å². The number of nitrogens with zero attached hydrogens (tertiary/aromatic N) is 1. The van der Waals surface area contributed by atoms with E-state index < -0.39 is 5.97 Å². The van der Waals surface area contributed by atoms with E-state index in [1.807, 2.05) is 0 Å². The molecular formula is C13H22N2O2. The lowest BCUT2D eigenvalue weighted by Crippen LogP contribution is -2.44. The van der Waals surface area contributed by atoms with Gasteiger partial charge in [0, 0.05) is 30.7 Å². The highest BCUT2D eigenvalue weighted by molar-refractivity contribution is 5.85. The molecule has 2 rings (SSSR count). The van der Waals surface area contributed by atoms with Gasteiger partial charge in [-0.25, -0.2) is 4.79 Å². The number of aliphatic carboxylic acids is 1. The van der Waals surface area contributed by atoms with Crippen molar-refractivity contribution in [2.45, 2.75) is 44.7 Å². The zero-order valence-corrected chi connectivity index (χ0v) is 10.5. The Morgan fingerprint density at radius 2 is 2.24 bits per heavy atom. The van der Waals surface area contributed by atoms with Gasteiger partial charge in [-0.15, -0.1) is 0 Å². The van der Waals surface area contributed by atoms with Gasteiger partial charge in [0.15, 0.2) is 0 Å². The summed E-state index contributed by atoms with van der Waals surface area (Å²) in [5.74, 6) is -0.822. The fraction of sp³-hybridized carbons (Fsp3) is 0.769. The first-order valence-electron chi connectivity index (χ1n) is 6.56. The Kier molecular flexibility index (Phi) is 4.18. The molecule has 0 aromatic rings. The second-order valence-corrected chi connectivity index (χ2v) is 5.09. The minimum absolute atomic E-state index is 0.427. The maximum absolute atomic E-state index is 10.7. The van der Waals surface area contributed by atoms with Crippen LogP contribution in [0, 0.1) is 0 Å². The Bertz CT molecular complexity index is 315. The van der Waals surface area contributed by atoms with Crippen LogP contribution in [-0.2, 0) is 4.79 Å². The van der Waals surface area contributed by atoms with Crippen molar-refractivity contribution >= 4 is 5.97 Å². The number of carboxylic acid groups (broad SMARTS) is 1. The molecule has 2 N–H and O–H groups in total. The zero-order chi connectivity index (χ0) is 12.3. The first-order chi connectivity index (χ1) is 8.18. The molecule has 2 atom stereocenters. The molecule has 2 saturated heterocycles. The van der Waals surface area contributed by atoms with Gasteiger partial charge in [-0.2, -0.15) is 0 Å². The number of hydrogen-bond donors (Lipinski definition) is 2. The lowest BCUT2D eigenvalue weighted by atomic mass is 9.99. The van der Waals surface area contributed by atoms with Crippen LogP contribution in [0.3, 0.4) is 0 Å². The fourth-order valence-corrected chi connectivity index (χ4v) is 2.94. The molecule has 0 amide bonds. The Labute approximate surface area is 103 Å². The van der Waals surface area contributed by atoms with E-state index in [0.717, 1.165) is 0 Å². The molecule has 2 heterocycles. The molecule has 96 valence electrons. The molecule has 0 bridgehead atoms. The molecule has 0 aromatic heterocycles.